The normalized spacial score (nSPS) is 17.7. The number of aromatic nitrogens is 2. The number of nitrogens with zero attached hydrogens (tertiary/aromatic N) is 3. The summed E-state index contributed by atoms with van der Waals surface area (Å²) in [5, 5.41) is 26.5. The molecule has 4 N–H and O–H groups in total. The summed E-state index contributed by atoms with van der Waals surface area (Å²) < 4.78 is 47.3. The molecule has 1 aliphatic heterocycles. The number of rotatable bonds is 7. The molecule has 3 atom stereocenters. The number of ether oxygens (including phenoxy) is 1. The van der Waals surface area contributed by atoms with E-state index in [1.165, 1.54) is 24.3 Å². The van der Waals surface area contributed by atoms with Crippen LogP contribution in [-0.2, 0) is 10.9 Å². The van der Waals surface area contributed by atoms with Crippen molar-refractivity contribution in [1.82, 2.24) is 9.78 Å². The lowest BCUT2D eigenvalue weighted by Crippen LogP contribution is -2.18. The van der Waals surface area contributed by atoms with Crippen molar-refractivity contribution in [3.63, 3.8) is 0 Å². The predicted octanol–water partition coefficient (Wildman–Crippen LogP) is 5.28. The van der Waals surface area contributed by atoms with Crippen molar-refractivity contribution in [2.24, 2.45) is 5.73 Å². The Hall–Kier alpha value is -4.50. The van der Waals surface area contributed by atoms with Crippen LogP contribution in [0.2, 0.25) is 0 Å². The number of carbonyl (C=O) groups excluding carboxylic acids is 1. The molecule has 4 aromatic rings. The number of hydrogen-bond acceptors (Lipinski definition) is 6. The third-order valence-corrected chi connectivity index (χ3v) is 6.88. The van der Waals surface area contributed by atoms with Crippen LogP contribution in [0.4, 0.5) is 18.9 Å². The van der Waals surface area contributed by atoms with Crippen LogP contribution in [0.15, 0.2) is 78.9 Å². The minimum atomic E-state index is -4.79. The van der Waals surface area contributed by atoms with E-state index in [-0.39, 0.29) is 34.8 Å². The van der Waals surface area contributed by atoms with Gasteiger partial charge in [-0.15, -0.1) is 0 Å². The lowest BCUT2D eigenvalue weighted by Gasteiger charge is -2.17. The van der Waals surface area contributed by atoms with Crippen LogP contribution in [0.25, 0.3) is 5.69 Å². The van der Waals surface area contributed by atoms with Crippen LogP contribution in [0.1, 0.15) is 63.5 Å². The van der Waals surface area contributed by atoms with Crippen molar-refractivity contribution in [3.05, 3.63) is 113 Å². The first kappa shape index (κ1) is 28.0. The van der Waals surface area contributed by atoms with Crippen LogP contribution in [-0.4, -0.2) is 33.4 Å². The van der Waals surface area contributed by atoms with Gasteiger partial charge in [0.2, 0.25) is 0 Å². The minimum absolute atomic E-state index is 0.00711. The number of benzene rings is 3. The summed E-state index contributed by atoms with van der Waals surface area (Å²) in [7, 11) is 0. The highest BCUT2D eigenvalue weighted by molar-refractivity contribution is 6.03. The van der Waals surface area contributed by atoms with E-state index >= 15 is 0 Å². The van der Waals surface area contributed by atoms with Crippen molar-refractivity contribution in [2.45, 2.75) is 37.3 Å². The van der Waals surface area contributed by atoms with E-state index in [2.05, 4.69) is 10.4 Å². The van der Waals surface area contributed by atoms with Gasteiger partial charge >= 0.3 is 6.18 Å². The molecule has 210 valence electrons. The Bertz CT molecular complexity index is 1610. The molecule has 1 amide bonds. The monoisotopic (exact) mass is 561 g/mol. The molecule has 5 rings (SSSR count). The second-order valence-electron chi connectivity index (χ2n) is 9.70. The number of nitriles is 1. The summed E-state index contributed by atoms with van der Waals surface area (Å²) in [6.07, 6.45) is -4.23. The van der Waals surface area contributed by atoms with Gasteiger partial charge in [0.15, 0.2) is 5.69 Å². The molecule has 0 saturated carbocycles. The van der Waals surface area contributed by atoms with Gasteiger partial charge in [-0.25, -0.2) is 4.68 Å². The summed E-state index contributed by atoms with van der Waals surface area (Å²) in [4.78, 5) is 13.2. The van der Waals surface area contributed by atoms with E-state index in [1.54, 1.807) is 30.3 Å². The number of nitrogens with one attached hydrogen (secondary N) is 1. The van der Waals surface area contributed by atoms with Gasteiger partial charge in [0.25, 0.3) is 5.91 Å². The van der Waals surface area contributed by atoms with Crippen molar-refractivity contribution >= 4 is 11.6 Å². The molecule has 2 heterocycles. The van der Waals surface area contributed by atoms with Gasteiger partial charge in [-0.2, -0.15) is 23.5 Å². The minimum Gasteiger partial charge on any atom is -0.384 e. The van der Waals surface area contributed by atoms with Crippen LogP contribution in [0.5, 0.6) is 0 Å². The van der Waals surface area contributed by atoms with Gasteiger partial charge in [-0.05, 0) is 59.9 Å². The first-order valence-corrected chi connectivity index (χ1v) is 12.9. The summed E-state index contributed by atoms with van der Waals surface area (Å²) in [6, 6.07) is 22.2. The van der Waals surface area contributed by atoms with Crippen LogP contribution in [0.3, 0.4) is 0 Å². The zero-order valence-corrected chi connectivity index (χ0v) is 21.7. The van der Waals surface area contributed by atoms with E-state index in [4.69, 9.17) is 10.5 Å². The third-order valence-electron chi connectivity index (χ3n) is 6.88. The Balaban J connectivity index is 1.39. The summed E-state index contributed by atoms with van der Waals surface area (Å²) in [5.41, 5.74) is 6.70. The van der Waals surface area contributed by atoms with Crippen LogP contribution >= 0.6 is 0 Å². The highest BCUT2D eigenvalue weighted by Gasteiger charge is 2.36. The summed E-state index contributed by atoms with van der Waals surface area (Å²) in [6.45, 7) is 0.446. The molecular weight excluding hydrogens is 535 g/mol. The Kier molecular flexibility index (Phi) is 7.90. The van der Waals surface area contributed by atoms with Crippen LogP contribution in [0, 0.1) is 11.3 Å². The fourth-order valence-electron chi connectivity index (χ4n) is 4.81. The second-order valence-corrected chi connectivity index (χ2v) is 9.70. The number of hydrogen-bond donors (Lipinski definition) is 3. The maximum Gasteiger partial charge on any atom is 0.435 e. The Morgan fingerprint density at radius 1 is 1.10 bits per heavy atom. The second kappa shape index (κ2) is 11.5. The van der Waals surface area contributed by atoms with E-state index < -0.39 is 23.9 Å². The maximum absolute atomic E-state index is 13.5. The molecule has 1 aromatic heterocycles. The lowest BCUT2D eigenvalue weighted by atomic mass is 9.97. The molecule has 8 nitrogen and oxygen atoms in total. The molecule has 3 aromatic carbocycles. The summed E-state index contributed by atoms with van der Waals surface area (Å²) >= 11 is 0. The largest absolute Gasteiger partial charge is 0.435 e. The zero-order valence-electron chi connectivity index (χ0n) is 21.7. The van der Waals surface area contributed by atoms with Crippen molar-refractivity contribution in [2.75, 3.05) is 11.9 Å². The highest BCUT2D eigenvalue weighted by Crippen LogP contribution is 2.35. The van der Waals surface area contributed by atoms with Crippen molar-refractivity contribution in [3.8, 4) is 11.8 Å². The number of anilines is 1. The average molecular weight is 562 g/mol. The number of nitrogens with two attached hydrogens (primary N) is 1. The van der Waals surface area contributed by atoms with E-state index in [1.807, 2.05) is 24.3 Å². The number of halogens is 3. The first-order chi connectivity index (χ1) is 19.7. The SMILES string of the molecule is N#Cc1cccc(-n2nc(C(F)(F)F)cc2C(=O)Nc2cccc(C(O)c3cccc(C4CCC(CN)O4)c3)c2)c1. The molecule has 0 bridgehead atoms. The molecule has 0 spiro atoms. The highest BCUT2D eigenvalue weighted by atomic mass is 19.4. The molecule has 3 unspecified atom stereocenters. The predicted molar refractivity (Wildman–Crippen MR) is 144 cm³/mol. The fraction of sp³-hybridized carbons (Fsp3) is 0.233. The third kappa shape index (κ3) is 6.15. The van der Waals surface area contributed by atoms with Gasteiger partial charge in [0, 0.05) is 18.3 Å². The average Bonchev–Trinajstić information content (AvgIpc) is 3.65. The van der Waals surface area contributed by atoms with E-state index in [0.717, 1.165) is 23.1 Å². The van der Waals surface area contributed by atoms with Gasteiger partial charge in [0.1, 0.15) is 11.8 Å². The van der Waals surface area contributed by atoms with Crippen LogP contribution < -0.4 is 11.1 Å². The van der Waals surface area contributed by atoms with Crippen molar-refractivity contribution in [1.29, 1.82) is 5.26 Å². The fourth-order valence-corrected chi connectivity index (χ4v) is 4.81. The first-order valence-electron chi connectivity index (χ1n) is 12.9. The summed E-state index contributed by atoms with van der Waals surface area (Å²) in [5.74, 6) is -0.850. The van der Waals surface area contributed by atoms with Gasteiger partial charge in [0.05, 0.1) is 29.5 Å². The molecule has 1 saturated heterocycles. The number of aliphatic hydroxyl groups is 1. The number of aliphatic hydroxyl groups excluding tert-OH is 1. The molecule has 0 aliphatic carbocycles. The number of carbonyl (C=O) groups is 1. The zero-order chi connectivity index (χ0) is 29.1. The van der Waals surface area contributed by atoms with E-state index in [0.29, 0.717) is 23.7 Å². The van der Waals surface area contributed by atoms with Gasteiger partial charge < -0.3 is 20.9 Å². The standard InChI is InChI=1S/C30H26F3N5O3/c31-30(32,33)27-15-25(38(37-27)23-9-1-4-18(12-23)16-34)29(40)36-22-8-3-7-21(14-22)28(39)20-6-2-5-19(13-20)26-11-10-24(17-35)41-26/h1-9,12-15,24,26,28,39H,10-11,17,35H2,(H,36,40). The molecule has 1 aliphatic rings. The Labute approximate surface area is 233 Å². The quantitative estimate of drug-likeness (QED) is 0.282. The molecule has 41 heavy (non-hydrogen) atoms. The van der Waals surface area contributed by atoms with Gasteiger partial charge in [-0.3, -0.25) is 4.79 Å². The smallest absolute Gasteiger partial charge is 0.384 e. The number of amides is 1. The molecule has 11 heteroatoms. The maximum atomic E-state index is 13.5. The molecule has 0 radical (unpaired) electrons. The Morgan fingerprint density at radius 3 is 2.54 bits per heavy atom. The molecule has 1 fully saturated rings. The van der Waals surface area contributed by atoms with Gasteiger partial charge in [-0.1, -0.05) is 42.5 Å². The molecular formula is C30H26F3N5O3. The van der Waals surface area contributed by atoms with E-state index in [9.17, 15) is 28.3 Å². The topological polar surface area (TPSA) is 126 Å². The number of alkyl halides is 3. The lowest BCUT2D eigenvalue weighted by molar-refractivity contribution is -0.141. The Morgan fingerprint density at radius 2 is 1.83 bits per heavy atom. The van der Waals surface area contributed by atoms with Crippen molar-refractivity contribution < 1.29 is 27.8 Å².